The van der Waals surface area contributed by atoms with Gasteiger partial charge in [0.2, 0.25) is 6.39 Å². The van der Waals surface area contributed by atoms with E-state index in [1.54, 1.807) is 11.3 Å². The summed E-state index contributed by atoms with van der Waals surface area (Å²) in [6, 6.07) is 2.40. The van der Waals surface area contributed by atoms with Crippen LogP contribution in [0.3, 0.4) is 0 Å². The maximum Gasteiger partial charge on any atom is 0.213 e. The molecule has 0 saturated heterocycles. The number of rotatable bonds is 4. The van der Waals surface area contributed by atoms with Crippen molar-refractivity contribution in [3.8, 4) is 0 Å². The van der Waals surface area contributed by atoms with Crippen LogP contribution in [-0.4, -0.2) is 10.1 Å². The lowest BCUT2D eigenvalue weighted by Gasteiger charge is -2.09. The summed E-state index contributed by atoms with van der Waals surface area (Å²) in [6.07, 6.45) is 1.34. The number of hydrogen-bond acceptors (Lipinski definition) is 5. The van der Waals surface area contributed by atoms with Crippen molar-refractivity contribution >= 4 is 27.3 Å². The highest BCUT2D eigenvalue weighted by molar-refractivity contribution is 9.10. The monoisotopic (exact) mass is 287 g/mol. The third-order valence-electron chi connectivity index (χ3n) is 1.99. The molecule has 2 rings (SSSR count). The quantitative estimate of drug-likeness (QED) is 0.940. The number of thiophene rings is 1. The van der Waals surface area contributed by atoms with Crippen molar-refractivity contribution in [3.05, 3.63) is 33.0 Å². The number of halogens is 1. The molecule has 0 bridgehead atoms. The molecular formula is C9H10BrN3OS. The summed E-state index contributed by atoms with van der Waals surface area (Å²) in [4.78, 5) is 5.22. The van der Waals surface area contributed by atoms with Crippen LogP contribution in [0.15, 0.2) is 26.8 Å². The zero-order valence-corrected chi connectivity index (χ0v) is 10.5. The highest BCUT2D eigenvalue weighted by Crippen LogP contribution is 2.25. The number of hydrogen-bond donors (Lipinski definition) is 1. The van der Waals surface area contributed by atoms with Crippen LogP contribution in [-0.2, 0) is 6.54 Å². The largest absolute Gasteiger partial charge is 0.343 e. The zero-order chi connectivity index (χ0) is 10.7. The third kappa shape index (κ3) is 2.87. The van der Waals surface area contributed by atoms with Gasteiger partial charge in [-0.25, -0.2) is 0 Å². The second-order valence-electron chi connectivity index (χ2n) is 3.12. The van der Waals surface area contributed by atoms with Crippen molar-refractivity contribution in [2.75, 3.05) is 0 Å². The molecule has 0 fully saturated rings. The Labute approximate surface area is 99.8 Å². The summed E-state index contributed by atoms with van der Waals surface area (Å²) >= 11 is 5.15. The van der Waals surface area contributed by atoms with E-state index in [-0.39, 0.29) is 0 Å². The van der Waals surface area contributed by atoms with E-state index in [0.29, 0.717) is 18.4 Å². The van der Waals surface area contributed by atoms with Crippen LogP contribution in [0, 0.1) is 0 Å². The molecule has 1 atom stereocenters. The van der Waals surface area contributed by atoms with Crippen LogP contribution >= 0.6 is 27.3 Å². The van der Waals surface area contributed by atoms with Gasteiger partial charge in [-0.05, 0) is 28.9 Å². The third-order valence-corrected chi connectivity index (χ3v) is 3.86. The Bertz CT molecular complexity index is 415. The minimum Gasteiger partial charge on any atom is -0.343 e. The molecule has 4 nitrogen and oxygen atoms in total. The number of aromatic nitrogens is 2. The molecule has 1 N–H and O–H groups in total. The van der Waals surface area contributed by atoms with Crippen LogP contribution < -0.4 is 5.32 Å². The van der Waals surface area contributed by atoms with Crippen molar-refractivity contribution in [2.45, 2.75) is 19.5 Å². The standard InChI is InChI=1S/C9H10BrN3OS/c1-6(8-2-7(10)4-15-8)11-3-9-12-5-14-13-9/h2,4-6,11H,3H2,1H3. The molecule has 0 saturated carbocycles. The van der Waals surface area contributed by atoms with Crippen molar-refractivity contribution in [1.82, 2.24) is 15.5 Å². The fraction of sp³-hybridized carbons (Fsp3) is 0.333. The maximum atomic E-state index is 4.65. The minimum absolute atomic E-state index is 0.291. The first-order valence-corrected chi connectivity index (χ1v) is 6.15. The molecule has 2 aromatic rings. The molecule has 2 aromatic heterocycles. The van der Waals surface area contributed by atoms with E-state index in [1.807, 2.05) is 0 Å². The summed E-state index contributed by atoms with van der Waals surface area (Å²) in [7, 11) is 0. The lowest BCUT2D eigenvalue weighted by Crippen LogP contribution is -2.17. The molecule has 0 amide bonds. The van der Waals surface area contributed by atoms with Crippen LogP contribution in [0.5, 0.6) is 0 Å². The normalized spacial score (nSPS) is 12.9. The first kappa shape index (κ1) is 10.8. The average molecular weight is 288 g/mol. The van der Waals surface area contributed by atoms with E-state index in [1.165, 1.54) is 11.3 Å². The minimum atomic E-state index is 0.291. The van der Waals surface area contributed by atoms with Crippen LogP contribution in [0.2, 0.25) is 0 Å². The van der Waals surface area contributed by atoms with Gasteiger partial charge < -0.3 is 9.84 Å². The zero-order valence-electron chi connectivity index (χ0n) is 8.11. The Morgan fingerprint density at radius 3 is 3.13 bits per heavy atom. The number of nitrogens with zero attached hydrogens (tertiary/aromatic N) is 2. The van der Waals surface area contributed by atoms with Crippen LogP contribution in [0.25, 0.3) is 0 Å². The molecule has 1 unspecified atom stereocenters. The van der Waals surface area contributed by atoms with Gasteiger partial charge in [0.05, 0.1) is 6.54 Å². The Morgan fingerprint density at radius 2 is 2.53 bits per heavy atom. The molecule has 0 aromatic carbocycles. The molecule has 0 aliphatic rings. The van der Waals surface area contributed by atoms with E-state index in [2.05, 4.69) is 54.3 Å². The van der Waals surface area contributed by atoms with Crippen molar-refractivity contribution in [1.29, 1.82) is 0 Å². The molecule has 0 spiro atoms. The second kappa shape index (κ2) is 4.87. The van der Waals surface area contributed by atoms with E-state index >= 15 is 0 Å². The van der Waals surface area contributed by atoms with Gasteiger partial charge >= 0.3 is 0 Å². The molecule has 0 radical (unpaired) electrons. The second-order valence-corrected chi connectivity index (χ2v) is 4.98. The van der Waals surface area contributed by atoms with Crippen LogP contribution in [0.4, 0.5) is 0 Å². The SMILES string of the molecule is CC(NCc1ncon1)c1cc(Br)cs1. The van der Waals surface area contributed by atoms with E-state index in [9.17, 15) is 0 Å². The fourth-order valence-corrected chi connectivity index (χ4v) is 2.65. The number of nitrogens with one attached hydrogen (secondary N) is 1. The lowest BCUT2D eigenvalue weighted by molar-refractivity contribution is 0.405. The van der Waals surface area contributed by atoms with E-state index < -0.39 is 0 Å². The van der Waals surface area contributed by atoms with Crippen molar-refractivity contribution < 1.29 is 4.52 Å². The average Bonchev–Trinajstić information content (AvgIpc) is 2.84. The summed E-state index contributed by atoms with van der Waals surface area (Å²) in [5, 5.41) is 9.12. The Morgan fingerprint density at radius 1 is 1.67 bits per heavy atom. The molecule has 0 aliphatic heterocycles. The van der Waals surface area contributed by atoms with Crippen LogP contribution in [0.1, 0.15) is 23.7 Å². The first-order chi connectivity index (χ1) is 7.25. The van der Waals surface area contributed by atoms with E-state index in [0.717, 1.165) is 4.47 Å². The molecule has 15 heavy (non-hydrogen) atoms. The highest BCUT2D eigenvalue weighted by Gasteiger charge is 2.08. The van der Waals surface area contributed by atoms with E-state index in [4.69, 9.17) is 0 Å². The smallest absolute Gasteiger partial charge is 0.213 e. The summed E-state index contributed by atoms with van der Waals surface area (Å²) in [6.45, 7) is 2.73. The summed E-state index contributed by atoms with van der Waals surface area (Å²) < 4.78 is 5.77. The van der Waals surface area contributed by atoms with Crippen molar-refractivity contribution in [3.63, 3.8) is 0 Å². The molecule has 6 heteroatoms. The van der Waals surface area contributed by atoms with Gasteiger partial charge in [0, 0.05) is 20.8 Å². The van der Waals surface area contributed by atoms with Gasteiger partial charge in [0.25, 0.3) is 0 Å². The summed E-state index contributed by atoms with van der Waals surface area (Å²) in [5.74, 6) is 0.678. The molecular weight excluding hydrogens is 278 g/mol. The van der Waals surface area contributed by atoms with Gasteiger partial charge in [0.1, 0.15) is 0 Å². The molecule has 0 aliphatic carbocycles. The lowest BCUT2D eigenvalue weighted by atomic mass is 10.3. The van der Waals surface area contributed by atoms with Gasteiger partial charge in [-0.15, -0.1) is 11.3 Å². The molecule has 2 heterocycles. The predicted molar refractivity (Wildman–Crippen MR) is 61.6 cm³/mol. The Kier molecular flexibility index (Phi) is 3.50. The Balaban J connectivity index is 1.90. The topological polar surface area (TPSA) is 51.0 Å². The Hall–Kier alpha value is -0.720. The van der Waals surface area contributed by atoms with Crippen molar-refractivity contribution in [2.24, 2.45) is 0 Å². The van der Waals surface area contributed by atoms with Gasteiger partial charge in [0.15, 0.2) is 5.82 Å². The highest BCUT2D eigenvalue weighted by atomic mass is 79.9. The van der Waals surface area contributed by atoms with Gasteiger partial charge in [-0.1, -0.05) is 5.16 Å². The fourth-order valence-electron chi connectivity index (χ4n) is 1.17. The summed E-state index contributed by atoms with van der Waals surface area (Å²) in [5.41, 5.74) is 0. The first-order valence-electron chi connectivity index (χ1n) is 4.48. The molecule has 80 valence electrons. The maximum absolute atomic E-state index is 4.65. The predicted octanol–water partition coefficient (Wildman–Crippen LogP) is 2.74. The van der Waals surface area contributed by atoms with Gasteiger partial charge in [-0.3, -0.25) is 0 Å². The van der Waals surface area contributed by atoms with Gasteiger partial charge in [-0.2, -0.15) is 4.98 Å².